The number of aliphatic hydroxyl groups excluding tert-OH is 1. The maximum Gasteiger partial charge on any atom is 0.214 e. The molecule has 6 heteroatoms. The summed E-state index contributed by atoms with van der Waals surface area (Å²) < 4.78 is 24.5. The molecule has 0 amide bonds. The molecule has 1 aliphatic heterocycles. The molecular formula is C11H16N2O3S. The third-order valence-corrected chi connectivity index (χ3v) is 4.82. The molecule has 1 saturated heterocycles. The van der Waals surface area contributed by atoms with Gasteiger partial charge in [0.2, 0.25) is 10.0 Å². The van der Waals surface area contributed by atoms with Gasteiger partial charge in [0, 0.05) is 18.8 Å². The molecule has 0 saturated carbocycles. The zero-order valence-corrected chi connectivity index (χ0v) is 10.2. The molecule has 0 aliphatic carbocycles. The van der Waals surface area contributed by atoms with Gasteiger partial charge in [-0.15, -0.1) is 0 Å². The van der Waals surface area contributed by atoms with Crippen LogP contribution in [0.1, 0.15) is 18.1 Å². The number of hydrogen-bond donors (Lipinski definition) is 2. The molecular weight excluding hydrogens is 240 g/mol. The molecule has 0 aromatic heterocycles. The lowest BCUT2D eigenvalue weighted by atomic mass is 10.1. The topological polar surface area (TPSA) is 83.6 Å². The molecule has 0 bridgehead atoms. The van der Waals surface area contributed by atoms with Crippen LogP contribution in [0.25, 0.3) is 0 Å². The predicted molar refractivity (Wildman–Crippen MR) is 65.8 cm³/mol. The van der Waals surface area contributed by atoms with E-state index in [4.69, 9.17) is 5.73 Å². The van der Waals surface area contributed by atoms with E-state index in [9.17, 15) is 13.5 Å². The summed E-state index contributed by atoms with van der Waals surface area (Å²) in [5.41, 5.74) is 6.85. The maximum absolute atomic E-state index is 11.6. The summed E-state index contributed by atoms with van der Waals surface area (Å²) in [5.74, 6) is 0.182. The van der Waals surface area contributed by atoms with Gasteiger partial charge in [0.25, 0.3) is 0 Å². The first kappa shape index (κ1) is 12.3. The van der Waals surface area contributed by atoms with Gasteiger partial charge in [-0.25, -0.2) is 8.42 Å². The number of nitrogens with zero attached hydrogens (tertiary/aromatic N) is 1. The number of nitrogen functional groups attached to an aromatic ring is 1. The van der Waals surface area contributed by atoms with Gasteiger partial charge in [-0.05, 0) is 24.1 Å². The van der Waals surface area contributed by atoms with Crippen LogP contribution in [-0.4, -0.2) is 36.7 Å². The van der Waals surface area contributed by atoms with E-state index in [1.807, 2.05) is 0 Å². The Labute approximate surface area is 101 Å². The molecule has 5 nitrogen and oxygen atoms in total. The molecule has 0 spiro atoms. The lowest BCUT2D eigenvalue weighted by molar-refractivity contribution is 0.150. The number of benzene rings is 1. The predicted octanol–water partition coefficient (Wildman–Crippen LogP) is 0.338. The summed E-state index contributed by atoms with van der Waals surface area (Å²) in [5, 5.41) is 9.96. The van der Waals surface area contributed by atoms with Gasteiger partial charge in [-0.1, -0.05) is 12.1 Å². The van der Waals surface area contributed by atoms with Crippen molar-refractivity contribution in [3.63, 3.8) is 0 Å². The number of aliphatic hydroxyl groups is 1. The van der Waals surface area contributed by atoms with Crippen molar-refractivity contribution in [1.82, 2.24) is 4.31 Å². The Morgan fingerprint density at radius 1 is 1.35 bits per heavy atom. The van der Waals surface area contributed by atoms with Gasteiger partial charge < -0.3 is 10.8 Å². The van der Waals surface area contributed by atoms with Gasteiger partial charge in [-0.2, -0.15) is 4.31 Å². The molecule has 0 radical (unpaired) electrons. The van der Waals surface area contributed by atoms with Crippen LogP contribution in [0.4, 0.5) is 5.69 Å². The lowest BCUT2D eigenvalue weighted by Crippen LogP contribution is -2.30. The second-order valence-corrected chi connectivity index (χ2v) is 6.30. The van der Waals surface area contributed by atoms with Crippen molar-refractivity contribution in [1.29, 1.82) is 0 Å². The summed E-state index contributed by atoms with van der Waals surface area (Å²) >= 11 is 0. The Bertz CT molecular complexity index is 484. The molecule has 2 rings (SSSR count). The van der Waals surface area contributed by atoms with Crippen molar-refractivity contribution in [2.24, 2.45) is 0 Å². The Morgan fingerprint density at radius 3 is 2.53 bits per heavy atom. The highest BCUT2D eigenvalue weighted by molar-refractivity contribution is 7.89. The number of sulfonamides is 1. The van der Waals surface area contributed by atoms with E-state index < -0.39 is 16.1 Å². The van der Waals surface area contributed by atoms with Gasteiger partial charge in [0.05, 0.1) is 11.9 Å². The fraction of sp³-hybridized carbons (Fsp3) is 0.455. The first-order chi connectivity index (χ1) is 7.99. The number of β-amino-alcohol motifs (C(OH)–C–C–N with tert-alkyl or cyclic N) is 1. The Hall–Kier alpha value is -1.11. The minimum Gasteiger partial charge on any atom is -0.399 e. The third kappa shape index (κ3) is 2.77. The average molecular weight is 256 g/mol. The van der Waals surface area contributed by atoms with E-state index in [0.717, 1.165) is 0 Å². The monoisotopic (exact) mass is 256 g/mol. The quantitative estimate of drug-likeness (QED) is 0.764. The van der Waals surface area contributed by atoms with Crippen molar-refractivity contribution >= 4 is 15.7 Å². The Kier molecular flexibility index (Phi) is 3.37. The molecule has 17 heavy (non-hydrogen) atoms. The third-order valence-electron chi connectivity index (χ3n) is 2.90. The number of rotatable bonds is 3. The van der Waals surface area contributed by atoms with E-state index >= 15 is 0 Å². The summed E-state index contributed by atoms with van der Waals surface area (Å²) in [6.45, 7) is 0.612. The van der Waals surface area contributed by atoms with E-state index in [-0.39, 0.29) is 12.3 Å². The number of nitrogens with two attached hydrogens (primary N) is 1. The van der Waals surface area contributed by atoms with Gasteiger partial charge in [0.15, 0.2) is 0 Å². The first-order valence-corrected chi connectivity index (χ1v) is 7.11. The molecule has 94 valence electrons. The molecule has 1 aromatic rings. The first-order valence-electron chi connectivity index (χ1n) is 5.50. The van der Waals surface area contributed by atoms with Gasteiger partial charge in [0.1, 0.15) is 0 Å². The van der Waals surface area contributed by atoms with Crippen LogP contribution in [0, 0.1) is 0 Å². The van der Waals surface area contributed by atoms with Crippen LogP contribution in [0.2, 0.25) is 0 Å². The van der Waals surface area contributed by atoms with Crippen LogP contribution < -0.4 is 5.73 Å². The van der Waals surface area contributed by atoms with E-state index in [0.29, 0.717) is 24.2 Å². The van der Waals surface area contributed by atoms with E-state index in [2.05, 4.69) is 0 Å². The van der Waals surface area contributed by atoms with E-state index in [1.165, 1.54) is 4.31 Å². The molecule has 1 unspecified atom stereocenters. The Morgan fingerprint density at radius 2 is 2.00 bits per heavy atom. The summed E-state index contributed by atoms with van der Waals surface area (Å²) in [7, 11) is -3.15. The average Bonchev–Trinajstić information content (AvgIpc) is 2.59. The molecule has 1 aliphatic rings. The van der Waals surface area contributed by atoms with Crippen molar-refractivity contribution in [2.45, 2.75) is 12.5 Å². The lowest BCUT2D eigenvalue weighted by Gasteiger charge is -2.19. The van der Waals surface area contributed by atoms with Crippen LogP contribution in [0.15, 0.2) is 24.3 Å². The van der Waals surface area contributed by atoms with Crippen LogP contribution in [-0.2, 0) is 10.0 Å². The second-order valence-electron chi connectivity index (χ2n) is 4.21. The highest BCUT2D eigenvalue weighted by atomic mass is 32.2. The molecule has 1 aromatic carbocycles. The fourth-order valence-electron chi connectivity index (χ4n) is 1.91. The van der Waals surface area contributed by atoms with Crippen LogP contribution in [0.3, 0.4) is 0 Å². The van der Waals surface area contributed by atoms with Crippen molar-refractivity contribution in [3.8, 4) is 0 Å². The van der Waals surface area contributed by atoms with Gasteiger partial charge >= 0.3 is 0 Å². The minimum atomic E-state index is -3.15. The zero-order chi connectivity index (χ0) is 12.5. The fourth-order valence-corrected chi connectivity index (χ4v) is 3.44. The SMILES string of the molecule is Nc1ccc(C(O)CN2CCCS2(=O)=O)cc1. The molecule has 1 heterocycles. The number of hydrogen-bond acceptors (Lipinski definition) is 4. The second kappa shape index (κ2) is 4.64. The maximum atomic E-state index is 11.6. The molecule has 1 fully saturated rings. The largest absolute Gasteiger partial charge is 0.399 e. The molecule has 3 N–H and O–H groups in total. The minimum absolute atomic E-state index is 0.117. The van der Waals surface area contributed by atoms with Crippen LogP contribution in [0.5, 0.6) is 0 Å². The van der Waals surface area contributed by atoms with Crippen molar-refractivity contribution in [2.75, 3.05) is 24.6 Å². The van der Waals surface area contributed by atoms with Crippen molar-refractivity contribution < 1.29 is 13.5 Å². The highest BCUT2D eigenvalue weighted by Gasteiger charge is 2.29. The van der Waals surface area contributed by atoms with Crippen LogP contribution >= 0.6 is 0 Å². The summed E-state index contributed by atoms with van der Waals surface area (Å²) in [6.07, 6.45) is -0.167. The smallest absolute Gasteiger partial charge is 0.214 e. The normalized spacial score (nSPS) is 21.5. The zero-order valence-electron chi connectivity index (χ0n) is 9.41. The summed E-state index contributed by atoms with van der Waals surface area (Å²) in [6, 6.07) is 6.81. The highest BCUT2D eigenvalue weighted by Crippen LogP contribution is 2.20. The van der Waals surface area contributed by atoms with E-state index in [1.54, 1.807) is 24.3 Å². The standard InChI is InChI=1S/C11H16N2O3S/c12-10-4-2-9(3-5-10)11(14)8-13-6-1-7-17(13,15)16/h2-5,11,14H,1,6-8,12H2. The number of anilines is 1. The van der Waals surface area contributed by atoms with Gasteiger partial charge in [-0.3, -0.25) is 0 Å². The molecule has 1 atom stereocenters. The van der Waals surface area contributed by atoms with Crippen molar-refractivity contribution in [3.05, 3.63) is 29.8 Å². The Balaban J connectivity index is 2.07. The summed E-state index contributed by atoms with van der Waals surface area (Å²) in [4.78, 5) is 0.